The molecule has 2 unspecified atom stereocenters. The Morgan fingerprint density at radius 2 is 2.00 bits per heavy atom. The number of aliphatic hydroxyl groups is 3. The normalized spacial score (nSPS) is 15.6. The Morgan fingerprint density at radius 1 is 1.45 bits per heavy atom. The molecule has 0 aromatic rings. The maximum Gasteiger partial charge on any atom is 0.313 e. The molecule has 0 amide bonds. The Hall–Kier alpha value is -0.650. The minimum Gasteiger partial charge on any atom is -0.433 e. The van der Waals surface area contributed by atoms with E-state index >= 15 is 0 Å². The summed E-state index contributed by atoms with van der Waals surface area (Å²) in [6.45, 7) is 0.479. The Morgan fingerprint density at radius 3 is 2.36 bits per heavy atom. The number of hydrogen-bond acceptors (Lipinski definition) is 5. The molecule has 0 aromatic heterocycles. The molecule has 0 aliphatic carbocycles. The van der Waals surface area contributed by atoms with E-state index in [1.807, 2.05) is 0 Å². The summed E-state index contributed by atoms with van der Waals surface area (Å²) < 4.78 is 4.26. The lowest BCUT2D eigenvalue weighted by Crippen LogP contribution is -2.26. The number of carbonyl (C=O) groups excluding carboxylic acids is 1. The van der Waals surface area contributed by atoms with Gasteiger partial charge >= 0.3 is 5.97 Å². The van der Waals surface area contributed by atoms with Crippen LogP contribution in [0, 0.1) is 5.92 Å². The molecule has 0 rings (SSSR count). The second kappa shape index (κ2) is 5.06. The van der Waals surface area contributed by atoms with E-state index in [-0.39, 0.29) is 6.61 Å². The SMILES string of the molecule is CC(CO)C(=O)OC(O)CO. The number of ether oxygens (including phenoxy) is 1. The molecule has 0 saturated heterocycles. The van der Waals surface area contributed by atoms with Crippen LogP contribution in [-0.2, 0) is 9.53 Å². The standard InChI is InChI=1S/C6H12O5/c1-4(2-7)6(10)11-5(9)3-8/h4-5,7-9H,2-3H2,1H3. The number of aliphatic hydroxyl groups excluding tert-OH is 3. The molecule has 5 nitrogen and oxygen atoms in total. The molecule has 0 saturated carbocycles. The molecule has 0 heterocycles. The van der Waals surface area contributed by atoms with E-state index in [9.17, 15) is 4.79 Å². The molecule has 11 heavy (non-hydrogen) atoms. The van der Waals surface area contributed by atoms with Gasteiger partial charge in [-0.1, -0.05) is 0 Å². The largest absolute Gasteiger partial charge is 0.433 e. The molecule has 66 valence electrons. The van der Waals surface area contributed by atoms with Crippen LogP contribution in [0.1, 0.15) is 6.92 Å². The molecule has 2 atom stereocenters. The second-order valence-corrected chi connectivity index (χ2v) is 2.16. The molecule has 0 bridgehead atoms. The van der Waals surface area contributed by atoms with E-state index < -0.39 is 24.8 Å². The third kappa shape index (κ3) is 3.92. The Kier molecular flexibility index (Phi) is 4.76. The fourth-order valence-electron chi connectivity index (χ4n) is 0.362. The van der Waals surface area contributed by atoms with Crippen LogP contribution in [0.5, 0.6) is 0 Å². The lowest BCUT2D eigenvalue weighted by molar-refractivity contribution is -0.179. The van der Waals surface area contributed by atoms with Crippen molar-refractivity contribution in [1.82, 2.24) is 0 Å². The average molecular weight is 164 g/mol. The number of hydrogen-bond donors (Lipinski definition) is 3. The summed E-state index contributed by atoms with van der Waals surface area (Å²) in [6.07, 6.45) is -1.49. The minimum atomic E-state index is -1.49. The van der Waals surface area contributed by atoms with Crippen molar-refractivity contribution in [2.24, 2.45) is 5.92 Å². The quantitative estimate of drug-likeness (QED) is 0.346. The van der Waals surface area contributed by atoms with E-state index in [4.69, 9.17) is 15.3 Å². The van der Waals surface area contributed by atoms with Crippen molar-refractivity contribution in [3.05, 3.63) is 0 Å². The van der Waals surface area contributed by atoms with Gasteiger partial charge in [0.25, 0.3) is 0 Å². The Balaban J connectivity index is 3.68. The maximum atomic E-state index is 10.7. The number of carbonyl (C=O) groups is 1. The highest BCUT2D eigenvalue weighted by molar-refractivity contribution is 5.72. The Bertz CT molecular complexity index is 124. The van der Waals surface area contributed by atoms with Crippen molar-refractivity contribution >= 4 is 5.97 Å². The first kappa shape index (κ1) is 10.3. The first-order chi connectivity index (χ1) is 5.11. The van der Waals surface area contributed by atoms with Crippen molar-refractivity contribution in [2.75, 3.05) is 13.2 Å². The highest BCUT2D eigenvalue weighted by Crippen LogP contribution is 1.98. The van der Waals surface area contributed by atoms with Gasteiger partial charge in [0.1, 0.15) is 6.61 Å². The molecule has 0 aliphatic rings. The number of rotatable bonds is 4. The molecule has 0 spiro atoms. The van der Waals surface area contributed by atoms with Crippen LogP contribution >= 0.6 is 0 Å². The van der Waals surface area contributed by atoms with Gasteiger partial charge in [-0.2, -0.15) is 0 Å². The topological polar surface area (TPSA) is 87.0 Å². The zero-order valence-electron chi connectivity index (χ0n) is 6.23. The third-order valence-electron chi connectivity index (χ3n) is 1.08. The van der Waals surface area contributed by atoms with E-state index in [0.29, 0.717) is 0 Å². The van der Waals surface area contributed by atoms with Crippen LogP contribution in [0.15, 0.2) is 0 Å². The smallest absolute Gasteiger partial charge is 0.313 e. The van der Waals surface area contributed by atoms with Crippen molar-refractivity contribution in [3.8, 4) is 0 Å². The molecular weight excluding hydrogens is 152 g/mol. The van der Waals surface area contributed by atoms with Gasteiger partial charge in [0, 0.05) is 0 Å². The highest BCUT2D eigenvalue weighted by atomic mass is 16.6. The van der Waals surface area contributed by atoms with Crippen molar-refractivity contribution in [1.29, 1.82) is 0 Å². The van der Waals surface area contributed by atoms with Crippen molar-refractivity contribution < 1.29 is 24.9 Å². The summed E-state index contributed by atoms with van der Waals surface area (Å²) in [6, 6.07) is 0. The third-order valence-corrected chi connectivity index (χ3v) is 1.08. The summed E-state index contributed by atoms with van der Waals surface area (Å²) in [7, 11) is 0. The lowest BCUT2D eigenvalue weighted by atomic mass is 10.2. The summed E-state index contributed by atoms with van der Waals surface area (Å²) in [5.74, 6) is -1.40. The highest BCUT2D eigenvalue weighted by Gasteiger charge is 2.16. The van der Waals surface area contributed by atoms with Crippen molar-refractivity contribution in [2.45, 2.75) is 13.2 Å². The van der Waals surface area contributed by atoms with Gasteiger partial charge in [0.2, 0.25) is 6.29 Å². The minimum absolute atomic E-state index is 0.336. The van der Waals surface area contributed by atoms with E-state index in [1.165, 1.54) is 6.92 Å². The van der Waals surface area contributed by atoms with E-state index in [2.05, 4.69) is 4.74 Å². The van der Waals surface area contributed by atoms with Crippen LogP contribution < -0.4 is 0 Å². The van der Waals surface area contributed by atoms with Gasteiger partial charge in [-0.3, -0.25) is 4.79 Å². The molecule has 0 aliphatic heterocycles. The predicted octanol–water partition coefficient (Wildman–Crippen LogP) is -1.53. The van der Waals surface area contributed by atoms with Crippen LogP contribution in [0.25, 0.3) is 0 Å². The summed E-state index contributed by atoms with van der Waals surface area (Å²) in [4.78, 5) is 10.7. The fourth-order valence-corrected chi connectivity index (χ4v) is 0.362. The lowest BCUT2D eigenvalue weighted by Gasteiger charge is -2.11. The van der Waals surface area contributed by atoms with E-state index in [1.54, 1.807) is 0 Å². The molecule has 5 heteroatoms. The molecule has 3 N–H and O–H groups in total. The average Bonchev–Trinajstić information content (AvgIpc) is 2.02. The fraction of sp³-hybridized carbons (Fsp3) is 0.833. The van der Waals surface area contributed by atoms with Crippen molar-refractivity contribution in [3.63, 3.8) is 0 Å². The molecule has 0 fully saturated rings. The van der Waals surface area contributed by atoms with Crippen LogP contribution in [0.2, 0.25) is 0 Å². The van der Waals surface area contributed by atoms with Gasteiger partial charge in [-0.15, -0.1) is 0 Å². The van der Waals surface area contributed by atoms with Crippen LogP contribution in [0.4, 0.5) is 0 Å². The van der Waals surface area contributed by atoms with Crippen LogP contribution in [-0.4, -0.2) is 40.8 Å². The summed E-state index contributed by atoms with van der Waals surface area (Å²) in [5.41, 5.74) is 0. The predicted molar refractivity (Wildman–Crippen MR) is 35.4 cm³/mol. The zero-order chi connectivity index (χ0) is 8.85. The Labute approximate surface area is 64.2 Å². The number of esters is 1. The molecule has 0 aromatic carbocycles. The van der Waals surface area contributed by atoms with Gasteiger partial charge < -0.3 is 20.1 Å². The van der Waals surface area contributed by atoms with E-state index in [0.717, 1.165) is 0 Å². The monoisotopic (exact) mass is 164 g/mol. The first-order valence-corrected chi connectivity index (χ1v) is 3.22. The summed E-state index contributed by atoms with van der Waals surface area (Å²) in [5, 5.41) is 25.3. The maximum absolute atomic E-state index is 10.7. The van der Waals surface area contributed by atoms with Gasteiger partial charge in [-0.05, 0) is 6.92 Å². The summed E-state index contributed by atoms with van der Waals surface area (Å²) >= 11 is 0. The molecule has 0 radical (unpaired) electrons. The van der Waals surface area contributed by atoms with Gasteiger partial charge in [0.05, 0.1) is 12.5 Å². The van der Waals surface area contributed by atoms with Crippen LogP contribution in [0.3, 0.4) is 0 Å². The van der Waals surface area contributed by atoms with Gasteiger partial charge in [0.15, 0.2) is 0 Å². The zero-order valence-corrected chi connectivity index (χ0v) is 6.23. The first-order valence-electron chi connectivity index (χ1n) is 3.22. The van der Waals surface area contributed by atoms with Gasteiger partial charge in [-0.25, -0.2) is 0 Å². The molecular formula is C6H12O5. The second-order valence-electron chi connectivity index (χ2n) is 2.16.